The highest BCUT2D eigenvalue weighted by Crippen LogP contribution is 2.14. The van der Waals surface area contributed by atoms with Crippen molar-refractivity contribution in [2.24, 2.45) is 5.41 Å². The number of hydrogen-bond acceptors (Lipinski definition) is 4. The molecule has 0 saturated carbocycles. The SMILES string of the molecule is CN(CC(C)(C)C)C(=O)Cn1cc(C(=O)O)nn1. The van der Waals surface area contributed by atoms with Crippen molar-refractivity contribution >= 4 is 11.9 Å². The van der Waals surface area contributed by atoms with Crippen LogP contribution in [0.15, 0.2) is 6.20 Å². The molecule has 1 amide bonds. The summed E-state index contributed by atoms with van der Waals surface area (Å²) in [4.78, 5) is 24.1. The molecule has 0 unspecified atom stereocenters. The first-order valence-corrected chi connectivity index (χ1v) is 5.56. The monoisotopic (exact) mass is 254 g/mol. The average molecular weight is 254 g/mol. The molecule has 0 fully saturated rings. The Kier molecular flexibility index (Phi) is 4.05. The fraction of sp³-hybridized carbons (Fsp3) is 0.636. The molecule has 1 aromatic rings. The number of rotatable bonds is 4. The van der Waals surface area contributed by atoms with Gasteiger partial charge in [-0.05, 0) is 5.41 Å². The molecule has 0 aromatic carbocycles. The first kappa shape index (κ1) is 14.1. The largest absolute Gasteiger partial charge is 0.476 e. The maximum Gasteiger partial charge on any atom is 0.358 e. The summed E-state index contributed by atoms with van der Waals surface area (Å²) in [6.07, 6.45) is 1.24. The highest BCUT2D eigenvalue weighted by Gasteiger charge is 2.18. The van der Waals surface area contributed by atoms with Gasteiger partial charge in [0.25, 0.3) is 0 Å². The second-order valence-electron chi connectivity index (χ2n) is 5.42. The number of carbonyl (C=O) groups is 2. The third-order valence-corrected chi connectivity index (χ3v) is 2.19. The molecule has 7 heteroatoms. The summed E-state index contributed by atoms with van der Waals surface area (Å²) in [7, 11) is 1.71. The van der Waals surface area contributed by atoms with Gasteiger partial charge in [0.15, 0.2) is 5.69 Å². The zero-order valence-corrected chi connectivity index (χ0v) is 11.0. The Morgan fingerprint density at radius 3 is 2.50 bits per heavy atom. The lowest BCUT2D eigenvalue weighted by atomic mass is 9.96. The molecule has 7 nitrogen and oxygen atoms in total. The van der Waals surface area contributed by atoms with Gasteiger partial charge < -0.3 is 10.0 Å². The first-order valence-electron chi connectivity index (χ1n) is 5.56. The molecule has 1 N–H and O–H groups in total. The van der Waals surface area contributed by atoms with Gasteiger partial charge in [0.05, 0.1) is 6.20 Å². The highest BCUT2D eigenvalue weighted by molar-refractivity contribution is 5.84. The van der Waals surface area contributed by atoms with E-state index < -0.39 is 5.97 Å². The van der Waals surface area contributed by atoms with Gasteiger partial charge in [-0.2, -0.15) is 0 Å². The molecule has 0 aliphatic heterocycles. The second-order valence-corrected chi connectivity index (χ2v) is 5.42. The summed E-state index contributed by atoms with van der Waals surface area (Å²) in [5, 5.41) is 15.7. The van der Waals surface area contributed by atoms with Crippen LogP contribution in [0.5, 0.6) is 0 Å². The van der Waals surface area contributed by atoms with Crippen molar-refractivity contribution in [3.05, 3.63) is 11.9 Å². The van der Waals surface area contributed by atoms with Gasteiger partial charge in [0.1, 0.15) is 6.54 Å². The van der Waals surface area contributed by atoms with E-state index in [4.69, 9.17) is 5.11 Å². The number of likely N-dealkylation sites (N-methyl/N-ethyl adjacent to an activating group) is 1. The van der Waals surface area contributed by atoms with E-state index in [1.807, 2.05) is 20.8 Å². The number of carbonyl (C=O) groups excluding carboxylic acids is 1. The van der Waals surface area contributed by atoms with Crippen LogP contribution in [0.2, 0.25) is 0 Å². The molecule has 0 radical (unpaired) electrons. The van der Waals surface area contributed by atoms with Crippen LogP contribution in [-0.4, -0.2) is 50.5 Å². The Morgan fingerprint density at radius 2 is 2.06 bits per heavy atom. The number of aromatic nitrogens is 3. The van der Waals surface area contributed by atoms with Crippen LogP contribution < -0.4 is 0 Å². The van der Waals surface area contributed by atoms with Gasteiger partial charge in [-0.1, -0.05) is 26.0 Å². The molecule has 1 rings (SSSR count). The Labute approximate surface area is 105 Å². The van der Waals surface area contributed by atoms with E-state index in [-0.39, 0.29) is 23.6 Å². The molecule has 100 valence electrons. The van der Waals surface area contributed by atoms with E-state index in [1.54, 1.807) is 11.9 Å². The van der Waals surface area contributed by atoms with Crippen molar-refractivity contribution in [1.29, 1.82) is 0 Å². The van der Waals surface area contributed by atoms with Gasteiger partial charge in [0, 0.05) is 13.6 Å². The van der Waals surface area contributed by atoms with Crippen LogP contribution in [0.4, 0.5) is 0 Å². The zero-order valence-electron chi connectivity index (χ0n) is 11.0. The van der Waals surface area contributed by atoms with Gasteiger partial charge >= 0.3 is 5.97 Å². The van der Waals surface area contributed by atoms with E-state index in [9.17, 15) is 9.59 Å². The lowest BCUT2D eigenvalue weighted by Gasteiger charge is -2.26. The number of amides is 1. The minimum absolute atomic E-state index is 0.00708. The van der Waals surface area contributed by atoms with E-state index in [0.717, 1.165) is 0 Å². The van der Waals surface area contributed by atoms with Crippen molar-refractivity contribution in [3.63, 3.8) is 0 Å². The fourth-order valence-corrected chi connectivity index (χ4v) is 1.53. The molecule has 0 spiro atoms. The Bertz CT molecular complexity index is 447. The van der Waals surface area contributed by atoms with Gasteiger partial charge in [-0.3, -0.25) is 4.79 Å². The molecule has 0 atom stereocenters. The summed E-state index contributed by atoms with van der Waals surface area (Å²) < 4.78 is 1.23. The smallest absolute Gasteiger partial charge is 0.358 e. The maximum absolute atomic E-state index is 11.9. The number of hydrogen-bond donors (Lipinski definition) is 1. The van der Waals surface area contributed by atoms with Crippen LogP contribution in [0.25, 0.3) is 0 Å². The Morgan fingerprint density at radius 1 is 1.44 bits per heavy atom. The average Bonchev–Trinajstić information content (AvgIpc) is 2.63. The van der Waals surface area contributed by atoms with Crippen LogP contribution in [0.1, 0.15) is 31.3 Å². The molecular formula is C11H18N4O3. The van der Waals surface area contributed by atoms with Crippen LogP contribution in [-0.2, 0) is 11.3 Å². The van der Waals surface area contributed by atoms with E-state index >= 15 is 0 Å². The maximum atomic E-state index is 11.9. The summed E-state index contributed by atoms with van der Waals surface area (Å²) >= 11 is 0. The van der Waals surface area contributed by atoms with Crippen molar-refractivity contribution < 1.29 is 14.7 Å². The predicted octanol–water partition coefficient (Wildman–Crippen LogP) is 0.481. The highest BCUT2D eigenvalue weighted by atomic mass is 16.4. The zero-order chi connectivity index (χ0) is 13.9. The van der Waals surface area contributed by atoms with E-state index in [0.29, 0.717) is 6.54 Å². The molecule has 0 aliphatic rings. The quantitative estimate of drug-likeness (QED) is 0.844. The number of aromatic carboxylic acids is 1. The van der Waals surface area contributed by atoms with Crippen LogP contribution in [0, 0.1) is 5.41 Å². The minimum atomic E-state index is -1.16. The first-order chi connectivity index (χ1) is 8.19. The molecule has 1 heterocycles. The fourth-order valence-electron chi connectivity index (χ4n) is 1.53. The minimum Gasteiger partial charge on any atom is -0.476 e. The summed E-state index contributed by atoms with van der Waals surface area (Å²) in [5.41, 5.74) is -0.153. The number of carboxylic acids is 1. The third kappa shape index (κ3) is 4.15. The number of carboxylic acid groups (broad SMARTS) is 1. The second kappa shape index (κ2) is 5.16. The topological polar surface area (TPSA) is 88.3 Å². The molecule has 18 heavy (non-hydrogen) atoms. The molecule has 0 saturated heterocycles. The lowest BCUT2D eigenvalue weighted by molar-refractivity contribution is -0.131. The summed E-state index contributed by atoms with van der Waals surface area (Å²) in [6.45, 7) is 6.72. The van der Waals surface area contributed by atoms with E-state index in [2.05, 4.69) is 10.3 Å². The van der Waals surface area contributed by atoms with Crippen LogP contribution >= 0.6 is 0 Å². The molecular weight excluding hydrogens is 236 g/mol. The van der Waals surface area contributed by atoms with Gasteiger partial charge in [0.2, 0.25) is 5.91 Å². The van der Waals surface area contributed by atoms with Crippen molar-refractivity contribution in [3.8, 4) is 0 Å². The third-order valence-electron chi connectivity index (χ3n) is 2.19. The van der Waals surface area contributed by atoms with Crippen LogP contribution in [0.3, 0.4) is 0 Å². The Hall–Kier alpha value is -1.92. The standard InChI is InChI=1S/C11H18N4O3/c1-11(2,3)7-14(4)9(16)6-15-5-8(10(17)18)12-13-15/h5H,6-7H2,1-4H3,(H,17,18). The van der Waals surface area contributed by atoms with Gasteiger partial charge in [-0.25, -0.2) is 9.48 Å². The van der Waals surface area contributed by atoms with Crippen molar-refractivity contribution in [2.75, 3.05) is 13.6 Å². The molecule has 0 aliphatic carbocycles. The van der Waals surface area contributed by atoms with E-state index in [1.165, 1.54) is 10.9 Å². The Balaban J connectivity index is 2.61. The van der Waals surface area contributed by atoms with Gasteiger partial charge in [-0.15, -0.1) is 5.10 Å². The summed E-state index contributed by atoms with van der Waals surface area (Å²) in [5.74, 6) is -1.29. The summed E-state index contributed by atoms with van der Waals surface area (Å²) in [6, 6.07) is 0. The molecule has 1 aromatic heterocycles. The lowest BCUT2D eigenvalue weighted by Crippen LogP contribution is -2.36. The van der Waals surface area contributed by atoms with Crippen molar-refractivity contribution in [2.45, 2.75) is 27.3 Å². The van der Waals surface area contributed by atoms with Crippen molar-refractivity contribution in [1.82, 2.24) is 19.9 Å². The molecule has 0 bridgehead atoms. The normalized spacial score (nSPS) is 11.3. The number of nitrogens with zero attached hydrogens (tertiary/aromatic N) is 4. The predicted molar refractivity (Wildman–Crippen MR) is 64.1 cm³/mol.